The summed E-state index contributed by atoms with van der Waals surface area (Å²) in [6.07, 6.45) is 3.34. The van der Waals surface area contributed by atoms with Crippen LogP contribution < -0.4 is 70.2 Å². The van der Waals surface area contributed by atoms with Crippen molar-refractivity contribution in [3.63, 3.8) is 0 Å². The number of carbonyl (C=O) groups is 1. The standard InChI is InChI=1S/C18H17N3O7S2.2Na/c19-10-8-15(21(9-10)11-4-5-11)18(22)20-14-7-6-12-13(17(14)30(26,27)28)2-1-3-16(12)29(23,24)25;;/h1-3,6-9,11H,4-5,19H2,(H,20,22)(H,23,24,25)(H,26,27,28);;/q;2*+1/p-2. The molecule has 3 N–H and O–H groups in total. The molecule has 10 nitrogen and oxygen atoms in total. The third-order valence-corrected chi connectivity index (χ3v) is 6.62. The molecule has 0 unspecified atom stereocenters. The second-order valence-electron chi connectivity index (χ2n) is 6.95. The molecule has 1 aliphatic rings. The van der Waals surface area contributed by atoms with Crippen LogP contribution in [0.25, 0.3) is 10.8 Å². The predicted molar refractivity (Wildman–Crippen MR) is 105 cm³/mol. The Morgan fingerprint density at radius 1 is 1.00 bits per heavy atom. The van der Waals surface area contributed by atoms with Crippen LogP contribution in [0, 0.1) is 0 Å². The van der Waals surface area contributed by atoms with Crippen molar-refractivity contribution in [2.45, 2.75) is 28.7 Å². The minimum atomic E-state index is -5.15. The summed E-state index contributed by atoms with van der Waals surface area (Å²) in [4.78, 5) is 11.3. The van der Waals surface area contributed by atoms with Crippen LogP contribution in [0.2, 0.25) is 0 Å². The molecule has 2 aromatic carbocycles. The van der Waals surface area contributed by atoms with E-state index in [1.807, 2.05) is 0 Å². The largest absolute Gasteiger partial charge is 1.00 e. The molecule has 0 atom stereocenters. The van der Waals surface area contributed by atoms with E-state index in [1.54, 1.807) is 10.8 Å². The Morgan fingerprint density at radius 3 is 2.22 bits per heavy atom. The van der Waals surface area contributed by atoms with Gasteiger partial charge in [-0.15, -0.1) is 0 Å². The van der Waals surface area contributed by atoms with E-state index in [2.05, 4.69) is 5.32 Å². The van der Waals surface area contributed by atoms with Crippen molar-refractivity contribution in [1.29, 1.82) is 0 Å². The number of hydrogen-bond donors (Lipinski definition) is 2. The van der Waals surface area contributed by atoms with Crippen LogP contribution in [0.3, 0.4) is 0 Å². The van der Waals surface area contributed by atoms with Gasteiger partial charge in [-0.3, -0.25) is 4.79 Å². The number of nitrogen functional groups attached to an aromatic ring is 1. The SMILES string of the molecule is Nc1cc(C(=O)Nc2ccc3c(S(=O)(=O)[O-])cccc3c2S(=O)(=O)[O-])n(C2CC2)c1.[Na+].[Na+]. The second-order valence-corrected chi connectivity index (χ2v) is 9.62. The number of benzene rings is 2. The van der Waals surface area contributed by atoms with E-state index in [1.165, 1.54) is 18.2 Å². The molecular weight excluding hydrogens is 480 g/mol. The Morgan fingerprint density at radius 2 is 1.66 bits per heavy atom. The molecule has 1 heterocycles. The number of amides is 1. The third kappa shape index (κ3) is 5.41. The smallest absolute Gasteiger partial charge is 0.744 e. The fourth-order valence-electron chi connectivity index (χ4n) is 3.41. The van der Waals surface area contributed by atoms with E-state index in [0.717, 1.165) is 31.0 Å². The molecule has 1 aliphatic carbocycles. The van der Waals surface area contributed by atoms with Gasteiger partial charge in [0.05, 0.1) is 21.2 Å². The predicted octanol–water partition coefficient (Wildman–Crippen LogP) is -4.37. The molecule has 0 saturated heterocycles. The third-order valence-electron chi connectivity index (χ3n) is 4.78. The molecular formula is C18H15N3Na2O7S2. The van der Waals surface area contributed by atoms with E-state index in [0.29, 0.717) is 5.69 Å². The number of nitrogens with zero attached hydrogens (tertiary/aromatic N) is 1. The summed E-state index contributed by atoms with van der Waals surface area (Å²) >= 11 is 0. The van der Waals surface area contributed by atoms with Crippen molar-refractivity contribution >= 4 is 48.3 Å². The maximum atomic E-state index is 12.8. The quantitative estimate of drug-likeness (QED) is 0.264. The summed E-state index contributed by atoms with van der Waals surface area (Å²) in [5.41, 5.74) is 5.99. The first kappa shape index (κ1) is 27.3. The normalized spacial score (nSPS) is 13.8. The van der Waals surface area contributed by atoms with Gasteiger partial charge in [0, 0.05) is 23.0 Å². The molecule has 32 heavy (non-hydrogen) atoms. The van der Waals surface area contributed by atoms with Crippen LogP contribution in [0.4, 0.5) is 11.4 Å². The van der Waals surface area contributed by atoms with Gasteiger partial charge in [0.25, 0.3) is 5.91 Å². The average Bonchev–Trinajstić information content (AvgIpc) is 3.40. The zero-order valence-corrected chi connectivity index (χ0v) is 22.9. The Bertz CT molecular complexity index is 1420. The Balaban J connectivity index is 0.00000181. The maximum Gasteiger partial charge on any atom is 1.00 e. The van der Waals surface area contributed by atoms with E-state index >= 15 is 0 Å². The molecule has 0 aliphatic heterocycles. The molecule has 1 amide bonds. The zero-order valence-electron chi connectivity index (χ0n) is 17.2. The Kier molecular flexibility index (Phi) is 8.32. The molecule has 0 spiro atoms. The average molecular weight is 495 g/mol. The minimum absolute atomic E-state index is 0. The topological polar surface area (TPSA) is 174 Å². The molecule has 14 heteroatoms. The monoisotopic (exact) mass is 495 g/mol. The molecule has 158 valence electrons. The van der Waals surface area contributed by atoms with Gasteiger partial charge in [0.15, 0.2) is 0 Å². The molecule has 1 fully saturated rings. The molecule has 3 aromatic rings. The van der Waals surface area contributed by atoms with Gasteiger partial charge in [0.2, 0.25) is 0 Å². The van der Waals surface area contributed by atoms with Crippen molar-refractivity contribution in [3.8, 4) is 0 Å². The summed E-state index contributed by atoms with van der Waals surface area (Å²) in [5.74, 6) is -0.685. The number of hydrogen-bond acceptors (Lipinski definition) is 8. The van der Waals surface area contributed by atoms with Gasteiger partial charge in [-0.2, -0.15) is 0 Å². The summed E-state index contributed by atoms with van der Waals surface area (Å²) in [6.45, 7) is 0. The Labute approximate surface area is 228 Å². The van der Waals surface area contributed by atoms with Crippen LogP contribution in [0.1, 0.15) is 29.4 Å². The fraction of sp³-hybridized carbons (Fsp3) is 0.167. The Hall–Kier alpha value is -0.930. The van der Waals surface area contributed by atoms with Crippen LogP contribution in [-0.4, -0.2) is 36.4 Å². The van der Waals surface area contributed by atoms with Crippen molar-refractivity contribution < 1.29 is 89.9 Å². The van der Waals surface area contributed by atoms with E-state index in [4.69, 9.17) is 5.73 Å². The van der Waals surface area contributed by atoms with E-state index < -0.39 is 35.9 Å². The van der Waals surface area contributed by atoms with Crippen LogP contribution >= 0.6 is 0 Å². The summed E-state index contributed by atoms with van der Waals surface area (Å²) in [6, 6.07) is 7.14. The van der Waals surface area contributed by atoms with Gasteiger partial charge in [-0.1, -0.05) is 18.2 Å². The van der Waals surface area contributed by atoms with Gasteiger partial charge >= 0.3 is 59.1 Å². The van der Waals surface area contributed by atoms with Crippen molar-refractivity contribution in [2.75, 3.05) is 11.1 Å². The van der Waals surface area contributed by atoms with Crippen molar-refractivity contribution in [3.05, 3.63) is 48.3 Å². The first-order chi connectivity index (χ1) is 14.0. The van der Waals surface area contributed by atoms with Gasteiger partial charge < -0.3 is 24.7 Å². The molecule has 1 aromatic heterocycles. The first-order valence-electron chi connectivity index (χ1n) is 8.73. The van der Waals surface area contributed by atoms with E-state index in [9.17, 15) is 30.7 Å². The van der Waals surface area contributed by atoms with Crippen molar-refractivity contribution in [2.24, 2.45) is 0 Å². The summed E-state index contributed by atoms with van der Waals surface area (Å²) < 4.78 is 72.1. The van der Waals surface area contributed by atoms with Crippen LogP contribution in [0.5, 0.6) is 0 Å². The summed E-state index contributed by atoms with van der Waals surface area (Å²) in [7, 11) is -10.1. The van der Waals surface area contributed by atoms with Gasteiger partial charge in [-0.05, 0) is 31.0 Å². The number of fused-ring (bicyclic) bond motifs is 1. The van der Waals surface area contributed by atoms with Crippen molar-refractivity contribution in [1.82, 2.24) is 4.57 Å². The second kappa shape index (κ2) is 9.74. The fourth-order valence-corrected chi connectivity index (χ4v) is 4.94. The number of nitrogens with one attached hydrogen (secondary N) is 1. The number of rotatable bonds is 5. The van der Waals surface area contributed by atoms with Crippen LogP contribution in [-0.2, 0) is 20.2 Å². The number of carbonyl (C=O) groups excluding carboxylic acids is 1. The molecule has 0 bridgehead atoms. The maximum absolute atomic E-state index is 12.8. The number of aromatic nitrogens is 1. The first-order valence-corrected chi connectivity index (χ1v) is 11.5. The number of nitrogens with two attached hydrogens (primary N) is 1. The zero-order chi connectivity index (χ0) is 21.8. The van der Waals surface area contributed by atoms with Crippen LogP contribution in [0.15, 0.2) is 52.4 Å². The molecule has 1 saturated carbocycles. The summed E-state index contributed by atoms with van der Waals surface area (Å²) in [5, 5.41) is 1.89. The molecule has 4 rings (SSSR count). The van der Waals surface area contributed by atoms with Gasteiger partial charge in [0.1, 0.15) is 25.9 Å². The number of anilines is 2. The minimum Gasteiger partial charge on any atom is -0.744 e. The van der Waals surface area contributed by atoms with E-state index in [-0.39, 0.29) is 87.3 Å². The van der Waals surface area contributed by atoms with Gasteiger partial charge in [-0.25, -0.2) is 16.8 Å². The molecule has 0 radical (unpaired) electrons.